The van der Waals surface area contributed by atoms with E-state index in [0.717, 1.165) is 25.7 Å². The minimum atomic E-state index is -0.327. The molecule has 2 aliphatic rings. The van der Waals surface area contributed by atoms with Crippen LogP contribution in [-0.4, -0.2) is 45.1 Å². The van der Waals surface area contributed by atoms with Gasteiger partial charge in [0.25, 0.3) is 11.5 Å². The normalized spacial score (nSPS) is 17.6. The average Bonchev–Trinajstić information content (AvgIpc) is 3.71. The monoisotopic (exact) mass is 537 g/mol. The number of anilines is 1. The molecule has 3 amide bonds. The lowest BCUT2D eigenvalue weighted by molar-refractivity contribution is 0.0913. The summed E-state index contributed by atoms with van der Waals surface area (Å²) in [5.41, 5.74) is 0.896. The summed E-state index contributed by atoms with van der Waals surface area (Å²) in [5.74, 6) is 0.140. The van der Waals surface area contributed by atoms with Gasteiger partial charge in [-0.2, -0.15) is 0 Å². The number of nitrogens with one attached hydrogen (secondary N) is 2. The van der Waals surface area contributed by atoms with Crippen LogP contribution in [0.3, 0.4) is 0 Å². The largest absolute Gasteiger partial charge is 0.348 e. The Morgan fingerprint density at radius 1 is 1.08 bits per heavy atom. The van der Waals surface area contributed by atoms with Gasteiger partial charge < -0.3 is 15.5 Å². The van der Waals surface area contributed by atoms with Crippen molar-refractivity contribution in [2.24, 2.45) is 5.92 Å². The van der Waals surface area contributed by atoms with E-state index in [9.17, 15) is 19.2 Å². The van der Waals surface area contributed by atoms with E-state index >= 15 is 0 Å². The van der Waals surface area contributed by atoms with Crippen molar-refractivity contribution < 1.29 is 9.59 Å². The van der Waals surface area contributed by atoms with Crippen molar-refractivity contribution in [2.75, 3.05) is 18.4 Å². The molecular formula is C28H32ClN5O4. The van der Waals surface area contributed by atoms with Crippen molar-refractivity contribution in [3.05, 3.63) is 73.9 Å². The Labute approximate surface area is 225 Å². The number of urea groups is 1. The first kappa shape index (κ1) is 26.0. The van der Waals surface area contributed by atoms with Gasteiger partial charge in [-0.15, -0.1) is 0 Å². The number of amides is 3. The third-order valence-electron chi connectivity index (χ3n) is 7.20. The second-order valence-electron chi connectivity index (χ2n) is 10.5. The van der Waals surface area contributed by atoms with Crippen LogP contribution >= 0.6 is 11.6 Å². The van der Waals surface area contributed by atoms with Crippen LogP contribution in [0, 0.1) is 5.92 Å². The zero-order valence-corrected chi connectivity index (χ0v) is 22.3. The number of fused-ring (bicyclic) bond motifs is 1. The van der Waals surface area contributed by atoms with Crippen molar-refractivity contribution >= 4 is 40.1 Å². The summed E-state index contributed by atoms with van der Waals surface area (Å²) in [4.78, 5) is 53.8. The van der Waals surface area contributed by atoms with Crippen molar-refractivity contribution in [2.45, 2.75) is 58.2 Å². The molecule has 10 heteroatoms. The van der Waals surface area contributed by atoms with Crippen LogP contribution in [0.5, 0.6) is 0 Å². The molecule has 3 aromatic rings. The molecule has 0 spiro atoms. The summed E-state index contributed by atoms with van der Waals surface area (Å²) in [6, 6.07) is 11.2. The van der Waals surface area contributed by atoms with E-state index in [-0.39, 0.29) is 35.3 Å². The molecule has 200 valence electrons. The molecule has 1 aliphatic heterocycles. The van der Waals surface area contributed by atoms with E-state index in [1.165, 1.54) is 4.57 Å². The van der Waals surface area contributed by atoms with Crippen molar-refractivity contribution in [3.63, 3.8) is 0 Å². The Kier molecular flexibility index (Phi) is 7.29. The van der Waals surface area contributed by atoms with Crippen molar-refractivity contribution in [1.82, 2.24) is 19.4 Å². The molecule has 38 heavy (non-hydrogen) atoms. The fourth-order valence-electron chi connectivity index (χ4n) is 5.06. The third kappa shape index (κ3) is 5.48. The van der Waals surface area contributed by atoms with Crippen molar-refractivity contribution in [3.8, 4) is 0 Å². The minimum Gasteiger partial charge on any atom is -0.348 e. The number of carbonyl (C=O) groups excluding carboxylic acids is 2. The summed E-state index contributed by atoms with van der Waals surface area (Å²) in [7, 11) is 0. The van der Waals surface area contributed by atoms with Gasteiger partial charge in [0.1, 0.15) is 0 Å². The van der Waals surface area contributed by atoms with Crippen LogP contribution < -0.4 is 21.9 Å². The first-order chi connectivity index (χ1) is 18.2. The van der Waals surface area contributed by atoms with Crippen LogP contribution in [-0.2, 0) is 6.54 Å². The van der Waals surface area contributed by atoms with E-state index in [0.29, 0.717) is 52.7 Å². The summed E-state index contributed by atoms with van der Waals surface area (Å²) < 4.78 is 2.98. The first-order valence-corrected chi connectivity index (χ1v) is 13.5. The van der Waals surface area contributed by atoms with Gasteiger partial charge in [0.2, 0.25) is 0 Å². The fraction of sp³-hybridized carbons (Fsp3) is 0.429. The van der Waals surface area contributed by atoms with E-state index < -0.39 is 0 Å². The summed E-state index contributed by atoms with van der Waals surface area (Å²) in [6.45, 7) is 5.19. The maximum absolute atomic E-state index is 13.3. The number of carbonyl (C=O) groups is 2. The highest BCUT2D eigenvalue weighted by atomic mass is 35.5. The number of rotatable bonds is 6. The van der Waals surface area contributed by atoms with Crippen LogP contribution in [0.25, 0.3) is 10.9 Å². The molecule has 1 saturated heterocycles. The lowest BCUT2D eigenvalue weighted by Crippen LogP contribution is -2.50. The van der Waals surface area contributed by atoms with E-state index in [2.05, 4.69) is 10.6 Å². The second kappa shape index (κ2) is 10.6. The number of piperidine rings is 1. The van der Waals surface area contributed by atoms with Gasteiger partial charge >= 0.3 is 11.7 Å². The summed E-state index contributed by atoms with van der Waals surface area (Å²) >= 11 is 6.01. The third-order valence-corrected chi connectivity index (χ3v) is 7.44. The molecule has 1 aromatic heterocycles. The fourth-order valence-corrected chi connectivity index (χ4v) is 5.25. The Balaban J connectivity index is 1.33. The molecule has 0 bridgehead atoms. The predicted octanol–water partition coefficient (Wildman–Crippen LogP) is 4.23. The van der Waals surface area contributed by atoms with Gasteiger partial charge in [-0.3, -0.25) is 18.7 Å². The minimum absolute atomic E-state index is 0.121. The number of hydrogen-bond donors (Lipinski definition) is 2. The number of benzene rings is 2. The lowest BCUT2D eigenvalue weighted by Gasteiger charge is -2.33. The number of aromatic nitrogens is 2. The van der Waals surface area contributed by atoms with Crippen molar-refractivity contribution in [1.29, 1.82) is 0 Å². The van der Waals surface area contributed by atoms with Crippen LogP contribution in [0.15, 0.2) is 52.1 Å². The molecule has 1 atom stereocenters. The Hall–Kier alpha value is -3.59. The number of nitrogens with zero attached hydrogens (tertiary/aromatic N) is 3. The van der Waals surface area contributed by atoms with Gasteiger partial charge in [-0.25, -0.2) is 9.59 Å². The first-order valence-electron chi connectivity index (χ1n) is 13.1. The van der Waals surface area contributed by atoms with Gasteiger partial charge in [-0.1, -0.05) is 17.7 Å². The quantitative estimate of drug-likeness (QED) is 0.490. The molecule has 2 N–H and O–H groups in total. The standard InChI is InChI=1S/C28H32ClN5O4/c1-17(2)34-24-11-10-21(14-23(24)26(36)33(28(34)38)15-18-8-9-18)31-27(37)32-12-4-7-22(16-32)30-25(35)19-5-3-6-20(29)13-19/h3,5-6,10-11,13-14,17-18,22H,4,7-9,12,15-16H2,1-2H3,(H,30,35)(H,31,37)/t22-/m1/s1. The Morgan fingerprint density at radius 2 is 1.87 bits per heavy atom. The van der Waals surface area contributed by atoms with Gasteiger partial charge in [0.15, 0.2) is 0 Å². The zero-order valence-electron chi connectivity index (χ0n) is 21.6. The maximum atomic E-state index is 13.3. The average molecular weight is 538 g/mol. The zero-order chi connectivity index (χ0) is 27.0. The van der Waals surface area contributed by atoms with E-state index in [1.54, 1.807) is 51.9 Å². The maximum Gasteiger partial charge on any atom is 0.331 e. The van der Waals surface area contributed by atoms with Crippen LogP contribution in [0.4, 0.5) is 10.5 Å². The molecule has 0 radical (unpaired) electrons. The topological polar surface area (TPSA) is 105 Å². The highest BCUT2D eigenvalue weighted by molar-refractivity contribution is 6.30. The SMILES string of the molecule is CC(C)n1c(=O)n(CC2CC2)c(=O)c2cc(NC(=O)N3CCC[C@@H](NC(=O)c4cccc(Cl)c4)C3)ccc21. The number of likely N-dealkylation sites (tertiary alicyclic amines) is 1. The second-order valence-corrected chi connectivity index (χ2v) is 11.0. The molecule has 5 rings (SSSR count). The van der Waals surface area contributed by atoms with Gasteiger partial charge in [-0.05, 0) is 81.8 Å². The van der Waals surface area contributed by atoms with E-state index in [4.69, 9.17) is 11.6 Å². The highest BCUT2D eigenvalue weighted by Crippen LogP contribution is 2.30. The number of hydrogen-bond acceptors (Lipinski definition) is 4. The van der Waals surface area contributed by atoms with Crippen LogP contribution in [0.2, 0.25) is 5.02 Å². The van der Waals surface area contributed by atoms with E-state index in [1.807, 2.05) is 13.8 Å². The summed E-state index contributed by atoms with van der Waals surface area (Å²) in [5, 5.41) is 6.79. The molecule has 0 unspecified atom stereocenters. The summed E-state index contributed by atoms with van der Waals surface area (Å²) in [6.07, 6.45) is 3.56. The smallest absolute Gasteiger partial charge is 0.331 e. The Morgan fingerprint density at radius 3 is 2.58 bits per heavy atom. The molecule has 1 saturated carbocycles. The predicted molar refractivity (Wildman–Crippen MR) is 148 cm³/mol. The number of halogens is 1. The Bertz CT molecular complexity index is 1510. The molecule has 1 aliphatic carbocycles. The highest BCUT2D eigenvalue weighted by Gasteiger charge is 2.27. The molecule has 2 fully saturated rings. The molecular weight excluding hydrogens is 506 g/mol. The molecule has 9 nitrogen and oxygen atoms in total. The molecule has 2 aromatic carbocycles. The van der Waals surface area contributed by atoms with Gasteiger partial charge in [0.05, 0.1) is 10.9 Å². The lowest BCUT2D eigenvalue weighted by atomic mass is 10.1. The van der Waals surface area contributed by atoms with Crippen LogP contribution in [0.1, 0.15) is 55.9 Å². The molecule has 2 heterocycles. The van der Waals surface area contributed by atoms with Gasteiger partial charge in [0, 0.05) is 48.0 Å².